The van der Waals surface area contributed by atoms with E-state index in [1.54, 1.807) is 10.4 Å². The van der Waals surface area contributed by atoms with Gasteiger partial charge in [0.1, 0.15) is 4.21 Å². The van der Waals surface area contributed by atoms with Crippen LogP contribution in [0.4, 0.5) is 0 Å². The molecule has 3 nitrogen and oxygen atoms in total. The SMILES string of the molecule is CC1CN(S(=O)(=O)c2ccc(CCCl)s2)CCS1. The predicted octanol–water partition coefficient (Wildman–Crippen LogP) is 2.66. The van der Waals surface area contributed by atoms with E-state index in [4.69, 9.17) is 11.6 Å². The largest absolute Gasteiger partial charge is 0.252 e. The van der Waals surface area contributed by atoms with Crippen LogP contribution in [0.1, 0.15) is 11.8 Å². The first-order valence-electron chi connectivity index (χ1n) is 5.80. The third kappa shape index (κ3) is 3.22. The van der Waals surface area contributed by atoms with Crippen LogP contribution < -0.4 is 0 Å². The van der Waals surface area contributed by atoms with Crippen LogP contribution in [-0.2, 0) is 16.4 Å². The summed E-state index contributed by atoms with van der Waals surface area (Å²) < 4.78 is 26.9. The molecule has 1 aromatic rings. The van der Waals surface area contributed by atoms with Crippen LogP contribution in [0.3, 0.4) is 0 Å². The van der Waals surface area contributed by atoms with Crippen molar-refractivity contribution in [2.75, 3.05) is 24.7 Å². The van der Waals surface area contributed by atoms with Gasteiger partial charge in [0.15, 0.2) is 0 Å². The molecule has 7 heteroatoms. The number of alkyl halides is 1. The molecule has 18 heavy (non-hydrogen) atoms. The van der Waals surface area contributed by atoms with Crippen molar-refractivity contribution in [3.63, 3.8) is 0 Å². The van der Waals surface area contributed by atoms with Gasteiger partial charge in [0.05, 0.1) is 0 Å². The monoisotopic (exact) mass is 325 g/mol. The van der Waals surface area contributed by atoms with E-state index < -0.39 is 10.0 Å². The van der Waals surface area contributed by atoms with E-state index in [0.717, 1.165) is 17.1 Å². The average molecular weight is 326 g/mol. The zero-order valence-corrected chi connectivity index (χ0v) is 13.3. The summed E-state index contributed by atoms with van der Waals surface area (Å²) in [6.45, 7) is 3.29. The van der Waals surface area contributed by atoms with Gasteiger partial charge >= 0.3 is 0 Å². The van der Waals surface area contributed by atoms with E-state index in [0.29, 0.717) is 28.4 Å². The fraction of sp³-hybridized carbons (Fsp3) is 0.636. The topological polar surface area (TPSA) is 37.4 Å². The molecule has 102 valence electrons. The molecule has 0 saturated carbocycles. The summed E-state index contributed by atoms with van der Waals surface area (Å²) in [5.74, 6) is 1.40. The van der Waals surface area contributed by atoms with Gasteiger partial charge in [-0.2, -0.15) is 16.1 Å². The van der Waals surface area contributed by atoms with Gasteiger partial charge in [-0.05, 0) is 18.6 Å². The molecule has 1 aliphatic rings. The summed E-state index contributed by atoms with van der Waals surface area (Å²) in [6.07, 6.45) is 0.730. The maximum atomic E-state index is 12.4. The Balaban J connectivity index is 2.18. The van der Waals surface area contributed by atoms with Crippen LogP contribution in [0, 0.1) is 0 Å². The first-order valence-corrected chi connectivity index (χ1v) is 9.64. The van der Waals surface area contributed by atoms with Gasteiger partial charge < -0.3 is 0 Å². The minimum Gasteiger partial charge on any atom is -0.206 e. The van der Waals surface area contributed by atoms with Crippen LogP contribution >= 0.6 is 34.7 Å². The molecule has 1 aromatic heterocycles. The molecule has 0 aliphatic carbocycles. The Morgan fingerprint density at radius 2 is 2.28 bits per heavy atom. The molecule has 0 spiro atoms. The van der Waals surface area contributed by atoms with E-state index in [9.17, 15) is 8.42 Å². The highest BCUT2D eigenvalue weighted by Gasteiger charge is 2.29. The van der Waals surface area contributed by atoms with E-state index in [1.807, 2.05) is 17.8 Å². The van der Waals surface area contributed by atoms with Gasteiger partial charge in [-0.3, -0.25) is 0 Å². The number of nitrogens with zero attached hydrogens (tertiary/aromatic N) is 1. The van der Waals surface area contributed by atoms with Crippen molar-refractivity contribution < 1.29 is 8.42 Å². The van der Waals surface area contributed by atoms with Gasteiger partial charge in [-0.25, -0.2) is 8.42 Å². The first-order chi connectivity index (χ1) is 8.54. The Morgan fingerprint density at radius 1 is 1.50 bits per heavy atom. The Labute approximate surface area is 122 Å². The highest BCUT2D eigenvalue weighted by atomic mass is 35.5. The third-order valence-corrected chi connectivity index (χ3v) is 7.58. The van der Waals surface area contributed by atoms with Gasteiger partial charge in [0.2, 0.25) is 0 Å². The molecule has 0 bridgehead atoms. The minimum atomic E-state index is -3.30. The molecule has 0 radical (unpaired) electrons. The second kappa shape index (κ2) is 6.13. The fourth-order valence-corrected chi connectivity index (χ4v) is 6.43. The molecule has 1 unspecified atom stereocenters. The fourth-order valence-electron chi connectivity index (χ4n) is 1.86. The zero-order chi connectivity index (χ0) is 13.2. The number of hydrogen-bond donors (Lipinski definition) is 0. The number of thiophene rings is 1. The van der Waals surface area contributed by atoms with Crippen LogP contribution in [0.25, 0.3) is 0 Å². The predicted molar refractivity (Wildman–Crippen MR) is 79.4 cm³/mol. The lowest BCUT2D eigenvalue weighted by Gasteiger charge is -2.29. The van der Waals surface area contributed by atoms with Crippen molar-refractivity contribution >= 4 is 44.7 Å². The third-order valence-electron chi connectivity index (χ3n) is 2.78. The zero-order valence-electron chi connectivity index (χ0n) is 10.1. The second-order valence-corrected chi connectivity index (χ2v) is 9.46. The molecule has 1 aliphatic heterocycles. The lowest BCUT2D eigenvalue weighted by molar-refractivity contribution is 0.425. The molecule has 2 rings (SSSR count). The Morgan fingerprint density at radius 3 is 2.94 bits per heavy atom. The lowest BCUT2D eigenvalue weighted by Crippen LogP contribution is -2.40. The maximum Gasteiger partial charge on any atom is 0.252 e. The minimum absolute atomic E-state index is 0.371. The van der Waals surface area contributed by atoms with Crippen LogP contribution in [0.15, 0.2) is 16.3 Å². The van der Waals surface area contributed by atoms with Crippen molar-refractivity contribution in [3.05, 3.63) is 17.0 Å². The van der Waals surface area contributed by atoms with Crippen LogP contribution in [0.2, 0.25) is 0 Å². The van der Waals surface area contributed by atoms with Crippen molar-refractivity contribution in [1.82, 2.24) is 4.31 Å². The van der Waals surface area contributed by atoms with E-state index in [2.05, 4.69) is 6.92 Å². The molecular weight excluding hydrogens is 310 g/mol. The van der Waals surface area contributed by atoms with Crippen LogP contribution in [0.5, 0.6) is 0 Å². The number of hydrogen-bond acceptors (Lipinski definition) is 4. The number of aryl methyl sites for hydroxylation is 1. The van der Waals surface area contributed by atoms with Crippen molar-refractivity contribution in [3.8, 4) is 0 Å². The summed E-state index contributed by atoms with van der Waals surface area (Å²) in [7, 11) is -3.30. The molecule has 1 atom stereocenters. The van der Waals surface area contributed by atoms with E-state index in [1.165, 1.54) is 11.3 Å². The van der Waals surface area contributed by atoms with Crippen molar-refractivity contribution in [1.29, 1.82) is 0 Å². The normalized spacial score (nSPS) is 22.2. The van der Waals surface area contributed by atoms with Gasteiger partial charge in [-0.1, -0.05) is 6.92 Å². The summed E-state index contributed by atoms with van der Waals surface area (Å²) in [5, 5.41) is 0.371. The lowest BCUT2D eigenvalue weighted by atomic mass is 10.4. The summed E-state index contributed by atoms with van der Waals surface area (Å²) in [4.78, 5) is 1.03. The molecule has 0 aromatic carbocycles. The molecule has 1 saturated heterocycles. The molecule has 1 fully saturated rings. The van der Waals surface area contributed by atoms with Crippen LogP contribution in [-0.4, -0.2) is 42.7 Å². The molecule has 0 amide bonds. The standard InChI is InChI=1S/C11H16ClNO2S3/c1-9-8-13(6-7-16-9)18(14,15)11-3-2-10(17-11)4-5-12/h2-3,9H,4-8H2,1H3. The van der Waals surface area contributed by atoms with Gasteiger partial charge in [0.25, 0.3) is 10.0 Å². The van der Waals surface area contributed by atoms with E-state index >= 15 is 0 Å². The summed E-state index contributed by atoms with van der Waals surface area (Å²) >= 11 is 8.84. The number of sulfonamides is 1. The molecule has 0 N–H and O–H groups in total. The number of rotatable bonds is 4. The van der Waals surface area contributed by atoms with E-state index in [-0.39, 0.29) is 0 Å². The molecular formula is C11H16ClNO2S3. The summed E-state index contributed by atoms with van der Waals surface area (Å²) in [6, 6.07) is 3.57. The highest BCUT2D eigenvalue weighted by molar-refractivity contribution is 8.00. The van der Waals surface area contributed by atoms with Crippen molar-refractivity contribution in [2.45, 2.75) is 22.8 Å². The highest BCUT2D eigenvalue weighted by Crippen LogP contribution is 2.28. The Hall–Kier alpha value is 0.250. The number of halogens is 1. The smallest absolute Gasteiger partial charge is 0.206 e. The Kier molecular flexibility index (Phi) is 4.99. The first kappa shape index (κ1) is 14.7. The van der Waals surface area contributed by atoms with Gasteiger partial charge in [-0.15, -0.1) is 22.9 Å². The average Bonchev–Trinajstić information content (AvgIpc) is 2.79. The second-order valence-electron chi connectivity index (χ2n) is 4.20. The molecule has 2 heterocycles. The maximum absolute atomic E-state index is 12.4. The van der Waals surface area contributed by atoms with Gasteiger partial charge in [0, 0.05) is 34.8 Å². The van der Waals surface area contributed by atoms with Crippen molar-refractivity contribution in [2.24, 2.45) is 0 Å². The summed E-state index contributed by atoms with van der Waals surface area (Å²) in [5.41, 5.74) is 0. The number of thioether (sulfide) groups is 1. The quantitative estimate of drug-likeness (QED) is 0.799. The Bertz CT molecular complexity index is 500.